The summed E-state index contributed by atoms with van der Waals surface area (Å²) in [7, 11) is 2.08. The van der Waals surface area contributed by atoms with Gasteiger partial charge in [0, 0.05) is 19.6 Å². The summed E-state index contributed by atoms with van der Waals surface area (Å²) in [5.41, 5.74) is 8.99. The Kier molecular flexibility index (Phi) is 5.27. The molecule has 2 aromatic rings. The molecule has 0 aliphatic rings. The summed E-state index contributed by atoms with van der Waals surface area (Å²) in [6.07, 6.45) is 1.01. The van der Waals surface area contributed by atoms with Gasteiger partial charge >= 0.3 is 0 Å². The van der Waals surface area contributed by atoms with Crippen LogP contribution in [0.3, 0.4) is 0 Å². The Balaban J connectivity index is 1.93. The third kappa shape index (κ3) is 4.15. The van der Waals surface area contributed by atoms with Crippen LogP contribution in [-0.2, 0) is 19.5 Å². The fourth-order valence-corrected chi connectivity index (χ4v) is 2.27. The van der Waals surface area contributed by atoms with Crippen LogP contribution in [0.5, 0.6) is 0 Å². The first-order valence-electron chi connectivity index (χ1n) is 6.89. The van der Waals surface area contributed by atoms with E-state index in [0.717, 1.165) is 30.6 Å². The highest BCUT2D eigenvalue weighted by atomic mass is 19.1. The maximum Gasteiger partial charge on any atom is 0.123 e. The van der Waals surface area contributed by atoms with E-state index in [0.29, 0.717) is 6.54 Å². The van der Waals surface area contributed by atoms with Crippen molar-refractivity contribution in [3.63, 3.8) is 0 Å². The van der Waals surface area contributed by atoms with Crippen LogP contribution in [0.1, 0.15) is 16.7 Å². The smallest absolute Gasteiger partial charge is 0.123 e. The Hall–Kier alpha value is -1.71. The SMILES string of the molecule is CN(CCc1ccccc1)Cc1ccc(F)cc1CN. The summed E-state index contributed by atoms with van der Waals surface area (Å²) in [4.78, 5) is 2.24. The highest BCUT2D eigenvalue weighted by Gasteiger charge is 2.06. The van der Waals surface area contributed by atoms with Gasteiger partial charge in [-0.25, -0.2) is 4.39 Å². The molecule has 0 atom stereocenters. The predicted octanol–water partition coefficient (Wildman–Crippen LogP) is 2.96. The Morgan fingerprint density at radius 3 is 2.50 bits per heavy atom. The van der Waals surface area contributed by atoms with Crippen LogP contribution in [0.4, 0.5) is 4.39 Å². The predicted molar refractivity (Wildman–Crippen MR) is 80.8 cm³/mol. The van der Waals surface area contributed by atoms with Crippen LogP contribution < -0.4 is 5.73 Å². The largest absolute Gasteiger partial charge is 0.326 e. The van der Waals surface area contributed by atoms with Gasteiger partial charge in [-0.3, -0.25) is 0 Å². The third-order valence-electron chi connectivity index (χ3n) is 3.45. The summed E-state index contributed by atoms with van der Waals surface area (Å²) >= 11 is 0. The lowest BCUT2D eigenvalue weighted by molar-refractivity contribution is 0.330. The van der Waals surface area contributed by atoms with Crippen molar-refractivity contribution in [3.8, 4) is 0 Å². The molecule has 0 radical (unpaired) electrons. The van der Waals surface area contributed by atoms with Crippen LogP contribution in [0, 0.1) is 5.82 Å². The maximum atomic E-state index is 13.2. The molecule has 20 heavy (non-hydrogen) atoms. The molecule has 106 valence electrons. The average molecular weight is 272 g/mol. The molecular formula is C17H21FN2. The summed E-state index contributed by atoms with van der Waals surface area (Å²) in [6, 6.07) is 15.3. The molecule has 0 fully saturated rings. The first kappa shape index (κ1) is 14.7. The molecule has 0 bridgehead atoms. The fourth-order valence-electron chi connectivity index (χ4n) is 2.27. The molecule has 0 heterocycles. The van der Waals surface area contributed by atoms with Crippen LogP contribution in [-0.4, -0.2) is 18.5 Å². The number of benzene rings is 2. The van der Waals surface area contributed by atoms with Crippen molar-refractivity contribution in [1.82, 2.24) is 4.90 Å². The lowest BCUT2D eigenvalue weighted by Crippen LogP contribution is -2.22. The van der Waals surface area contributed by atoms with Gasteiger partial charge in [0.15, 0.2) is 0 Å². The second kappa shape index (κ2) is 7.17. The van der Waals surface area contributed by atoms with E-state index in [1.807, 2.05) is 12.1 Å². The number of rotatable bonds is 6. The van der Waals surface area contributed by atoms with Crippen molar-refractivity contribution in [2.24, 2.45) is 5.73 Å². The van der Waals surface area contributed by atoms with Crippen molar-refractivity contribution in [1.29, 1.82) is 0 Å². The van der Waals surface area contributed by atoms with E-state index in [4.69, 9.17) is 5.73 Å². The van der Waals surface area contributed by atoms with E-state index in [9.17, 15) is 4.39 Å². The van der Waals surface area contributed by atoms with Crippen LogP contribution in [0.2, 0.25) is 0 Å². The number of nitrogens with two attached hydrogens (primary N) is 1. The fraction of sp³-hybridized carbons (Fsp3) is 0.294. The molecule has 0 aromatic heterocycles. The van der Waals surface area contributed by atoms with E-state index < -0.39 is 0 Å². The number of halogens is 1. The van der Waals surface area contributed by atoms with Crippen molar-refractivity contribution in [3.05, 3.63) is 71.0 Å². The molecule has 0 unspecified atom stereocenters. The first-order chi connectivity index (χ1) is 9.69. The summed E-state index contributed by atoms with van der Waals surface area (Å²) < 4.78 is 13.2. The van der Waals surface area contributed by atoms with E-state index in [-0.39, 0.29) is 5.82 Å². The minimum atomic E-state index is -0.221. The Bertz CT molecular complexity index is 540. The second-order valence-corrected chi connectivity index (χ2v) is 5.09. The minimum absolute atomic E-state index is 0.221. The van der Waals surface area contributed by atoms with Gasteiger partial charge in [0.1, 0.15) is 5.82 Å². The van der Waals surface area contributed by atoms with Crippen molar-refractivity contribution >= 4 is 0 Å². The zero-order valence-electron chi connectivity index (χ0n) is 11.8. The Morgan fingerprint density at radius 1 is 1.05 bits per heavy atom. The monoisotopic (exact) mass is 272 g/mol. The van der Waals surface area contributed by atoms with Crippen LogP contribution in [0.15, 0.2) is 48.5 Å². The van der Waals surface area contributed by atoms with E-state index in [1.54, 1.807) is 0 Å². The number of likely N-dealkylation sites (N-methyl/N-ethyl adjacent to an activating group) is 1. The van der Waals surface area contributed by atoms with Gasteiger partial charge in [0.25, 0.3) is 0 Å². The lowest BCUT2D eigenvalue weighted by atomic mass is 10.1. The molecule has 0 amide bonds. The van der Waals surface area contributed by atoms with Crippen LogP contribution >= 0.6 is 0 Å². The molecule has 3 heteroatoms. The molecule has 2 aromatic carbocycles. The zero-order valence-corrected chi connectivity index (χ0v) is 11.8. The maximum absolute atomic E-state index is 13.2. The molecule has 0 aliphatic heterocycles. The molecule has 2 N–H and O–H groups in total. The van der Waals surface area contributed by atoms with Gasteiger partial charge < -0.3 is 10.6 Å². The number of hydrogen-bond donors (Lipinski definition) is 1. The molecule has 0 aliphatic carbocycles. The molecule has 0 saturated heterocycles. The van der Waals surface area contributed by atoms with Gasteiger partial charge in [-0.1, -0.05) is 36.4 Å². The minimum Gasteiger partial charge on any atom is -0.326 e. The molecule has 2 nitrogen and oxygen atoms in total. The van der Waals surface area contributed by atoms with E-state index >= 15 is 0 Å². The highest BCUT2D eigenvalue weighted by Crippen LogP contribution is 2.13. The summed E-state index contributed by atoms with van der Waals surface area (Å²) in [5, 5.41) is 0. The lowest BCUT2D eigenvalue weighted by Gasteiger charge is -2.18. The second-order valence-electron chi connectivity index (χ2n) is 5.09. The summed E-state index contributed by atoms with van der Waals surface area (Å²) in [6.45, 7) is 2.13. The van der Waals surface area contributed by atoms with Gasteiger partial charge in [-0.05, 0) is 42.3 Å². The standard InChI is InChI=1S/C17H21FN2/c1-20(10-9-14-5-3-2-4-6-14)13-15-7-8-17(18)11-16(15)12-19/h2-8,11H,9-10,12-13,19H2,1H3. The quantitative estimate of drug-likeness (QED) is 0.876. The summed E-state index contributed by atoms with van der Waals surface area (Å²) in [5.74, 6) is -0.221. The molecule has 2 rings (SSSR count). The molecule has 0 saturated carbocycles. The van der Waals surface area contributed by atoms with E-state index in [2.05, 4.69) is 36.2 Å². The van der Waals surface area contributed by atoms with Crippen molar-refractivity contribution < 1.29 is 4.39 Å². The highest BCUT2D eigenvalue weighted by molar-refractivity contribution is 5.27. The van der Waals surface area contributed by atoms with Gasteiger partial charge in [0.2, 0.25) is 0 Å². The van der Waals surface area contributed by atoms with Crippen molar-refractivity contribution in [2.75, 3.05) is 13.6 Å². The molecule has 0 spiro atoms. The average Bonchev–Trinajstić information content (AvgIpc) is 2.48. The first-order valence-corrected chi connectivity index (χ1v) is 6.89. The Morgan fingerprint density at radius 2 is 1.80 bits per heavy atom. The topological polar surface area (TPSA) is 29.3 Å². The normalized spacial score (nSPS) is 11.0. The Labute approximate surface area is 120 Å². The number of nitrogens with zero attached hydrogens (tertiary/aromatic N) is 1. The van der Waals surface area contributed by atoms with Crippen molar-refractivity contribution in [2.45, 2.75) is 19.5 Å². The van der Waals surface area contributed by atoms with Crippen LogP contribution in [0.25, 0.3) is 0 Å². The van der Waals surface area contributed by atoms with Gasteiger partial charge in [-0.15, -0.1) is 0 Å². The van der Waals surface area contributed by atoms with E-state index in [1.165, 1.54) is 17.7 Å². The van der Waals surface area contributed by atoms with Gasteiger partial charge in [-0.2, -0.15) is 0 Å². The molecular weight excluding hydrogens is 251 g/mol. The number of hydrogen-bond acceptors (Lipinski definition) is 2. The third-order valence-corrected chi connectivity index (χ3v) is 3.45. The zero-order chi connectivity index (χ0) is 14.4. The van der Waals surface area contributed by atoms with Gasteiger partial charge in [0.05, 0.1) is 0 Å².